The van der Waals surface area contributed by atoms with Crippen LogP contribution in [-0.2, 0) is 4.74 Å². The summed E-state index contributed by atoms with van der Waals surface area (Å²) in [4.78, 5) is 0. The second-order valence-corrected chi connectivity index (χ2v) is 4.13. The molecule has 1 aliphatic rings. The monoisotopic (exact) mass is 227 g/mol. The van der Waals surface area contributed by atoms with E-state index in [2.05, 4.69) is 12.2 Å². The van der Waals surface area contributed by atoms with Gasteiger partial charge in [-0.2, -0.15) is 0 Å². The lowest BCUT2D eigenvalue weighted by Crippen LogP contribution is -2.27. The van der Waals surface area contributed by atoms with E-state index < -0.39 is 11.6 Å². The molecule has 0 amide bonds. The van der Waals surface area contributed by atoms with Gasteiger partial charge in [0.15, 0.2) is 11.6 Å². The van der Waals surface area contributed by atoms with Crippen molar-refractivity contribution >= 4 is 0 Å². The van der Waals surface area contributed by atoms with Crippen molar-refractivity contribution in [1.82, 2.24) is 5.32 Å². The van der Waals surface area contributed by atoms with E-state index in [0.29, 0.717) is 24.8 Å². The standard InChI is InChI=1S/C12H15F2NO/c1-8-4-5-16-12(7-15-8)9-2-3-10(13)11(14)6-9/h2-3,6,8,12,15H,4-5,7H2,1H3. The van der Waals surface area contributed by atoms with Crippen LogP contribution in [0.1, 0.15) is 25.0 Å². The Morgan fingerprint density at radius 3 is 2.88 bits per heavy atom. The lowest BCUT2D eigenvalue weighted by atomic mass is 10.1. The molecule has 0 bridgehead atoms. The minimum absolute atomic E-state index is 0.194. The van der Waals surface area contributed by atoms with Gasteiger partial charge in [0, 0.05) is 19.2 Å². The zero-order valence-corrected chi connectivity index (χ0v) is 9.17. The lowest BCUT2D eigenvalue weighted by Gasteiger charge is -2.15. The minimum Gasteiger partial charge on any atom is -0.372 e. The largest absolute Gasteiger partial charge is 0.372 e. The molecule has 16 heavy (non-hydrogen) atoms. The highest BCUT2D eigenvalue weighted by Crippen LogP contribution is 2.21. The minimum atomic E-state index is -0.821. The molecule has 0 saturated carbocycles. The fraction of sp³-hybridized carbons (Fsp3) is 0.500. The molecule has 0 radical (unpaired) electrons. The molecular weight excluding hydrogens is 212 g/mol. The van der Waals surface area contributed by atoms with Gasteiger partial charge in [0.2, 0.25) is 0 Å². The van der Waals surface area contributed by atoms with Gasteiger partial charge in [-0.25, -0.2) is 8.78 Å². The second-order valence-electron chi connectivity index (χ2n) is 4.13. The Balaban J connectivity index is 2.13. The molecular formula is C12H15F2NO. The third-order valence-electron chi connectivity index (χ3n) is 2.84. The van der Waals surface area contributed by atoms with Crippen LogP contribution in [0.4, 0.5) is 8.78 Å². The second kappa shape index (κ2) is 4.89. The molecule has 0 spiro atoms. The van der Waals surface area contributed by atoms with E-state index in [1.807, 2.05) is 0 Å². The third kappa shape index (κ3) is 2.57. The first-order valence-electron chi connectivity index (χ1n) is 5.47. The summed E-state index contributed by atoms with van der Waals surface area (Å²) in [5.41, 5.74) is 0.681. The summed E-state index contributed by atoms with van der Waals surface area (Å²) >= 11 is 0. The van der Waals surface area contributed by atoms with Crippen LogP contribution >= 0.6 is 0 Å². The zero-order valence-electron chi connectivity index (χ0n) is 9.17. The van der Waals surface area contributed by atoms with E-state index in [0.717, 1.165) is 12.5 Å². The maximum absolute atomic E-state index is 13.1. The summed E-state index contributed by atoms with van der Waals surface area (Å²) in [6.07, 6.45) is 0.736. The molecule has 2 nitrogen and oxygen atoms in total. The molecule has 1 saturated heterocycles. The van der Waals surface area contributed by atoms with E-state index in [1.54, 1.807) is 6.07 Å². The van der Waals surface area contributed by atoms with Crippen LogP contribution in [0.15, 0.2) is 18.2 Å². The molecule has 88 valence electrons. The first kappa shape index (κ1) is 11.5. The molecule has 1 aromatic rings. The third-order valence-corrected chi connectivity index (χ3v) is 2.84. The Hall–Kier alpha value is -1.00. The molecule has 1 heterocycles. The van der Waals surface area contributed by atoms with Crippen LogP contribution in [0.3, 0.4) is 0 Å². The van der Waals surface area contributed by atoms with Crippen molar-refractivity contribution in [2.75, 3.05) is 13.2 Å². The molecule has 1 aromatic carbocycles. The van der Waals surface area contributed by atoms with Gasteiger partial charge in [-0.3, -0.25) is 0 Å². The summed E-state index contributed by atoms with van der Waals surface area (Å²) in [7, 11) is 0. The molecule has 1 N–H and O–H groups in total. The van der Waals surface area contributed by atoms with Gasteiger partial charge in [-0.1, -0.05) is 6.07 Å². The lowest BCUT2D eigenvalue weighted by molar-refractivity contribution is 0.0662. The molecule has 0 aromatic heterocycles. The van der Waals surface area contributed by atoms with Gasteiger partial charge in [0.05, 0.1) is 6.10 Å². The summed E-state index contributed by atoms with van der Waals surface area (Å²) in [5.74, 6) is -1.64. The van der Waals surface area contributed by atoms with Gasteiger partial charge in [-0.15, -0.1) is 0 Å². The molecule has 2 atom stereocenters. The number of rotatable bonds is 1. The predicted molar refractivity (Wildman–Crippen MR) is 57.1 cm³/mol. The first-order valence-corrected chi connectivity index (χ1v) is 5.47. The highest BCUT2D eigenvalue weighted by molar-refractivity contribution is 5.20. The molecule has 4 heteroatoms. The van der Waals surface area contributed by atoms with Gasteiger partial charge in [0.1, 0.15) is 0 Å². The molecule has 2 unspecified atom stereocenters. The number of ether oxygens (including phenoxy) is 1. The van der Waals surface area contributed by atoms with Gasteiger partial charge < -0.3 is 10.1 Å². The number of hydrogen-bond acceptors (Lipinski definition) is 2. The summed E-state index contributed by atoms with van der Waals surface area (Å²) < 4.78 is 31.4. The van der Waals surface area contributed by atoms with Crippen LogP contribution in [0.25, 0.3) is 0 Å². The van der Waals surface area contributed by atoms with Crippen LogP contribution in [-0.4, -0.2) is 19.2 Å². The van der Waals surface area contributed by atoms with E-state index in [4.69, 9.17) is 4.74 Å². The van der Waals surface area contributed by atoms with Crippen molar-refractivity contribution < 1.29 is 13.5 Å². The number of hydrogen-bond donors (Lipinski definition) is 1. The van der Waals surface area contributed by atoms with Crippen LogP contribution in [0.5, 0.6) is 0 Å². The molecule has 2 rings (SSSR count). The molecule has 0 aliphatic carbocycles. The van der Waals surface area contributed by atoms with Crippen molar-refractivity contribution in [3.8, 4) is 0 Å². The summed E-state index contributed by atoms with van der Waals surface area (Å²) in [5, 5.41) is 3.29. The maximum Gasteiger partial charge on any atom is 0.159 e. The van der Waals surface area contributed by atoms with Crippen molar-refractivity contribution in [2.45, 2.75) is 25.5 Å². The topological polar surface area (TPSA) is 21.3 Å². The van der Waals surface area contributed by atoms with E-state index in [9.17, 15) is 8.78 Å². The maximum atomic E-state index is 13.1. The van der Waals surface area contributed by atoms with Crippen molar-refractivity contribution in [1.29, 1.82) is 0 Å². The van der Waals surface area contributed by atoms with E-state index in [-0.39, 0.29) is 6.10 Å². The number of benzene rings is 1. The van der Waals surface area contributed by atoms with E-state index in [1.165, 1.54) is 6.07 Å². The summed E-state index contributed by atoms with van der Waals surface area (Å²) in [6.45, 7) is 3.35. The van der Waals surface area contributed by atoms with Crippen molar-refractivity contribution in [2.24, 2.45) is 0 Å². The van der Waals surface area contributed by atoms with Crippen LogP contribution in [0, 0.1) is 11.6 Å². The first-order chi connectivity index (χ1) is 7.66. The van der Waals surface area contributed by atoms with Crippen molar-refractivity contribution in [3.05, 3.63) is 35.4 Å². The smallest absolute Gasteiger partial charge is 0.159 e. The normalized spacial score (nSPS) is 26.4. The Kier molecular flexibility index (Phi) is 3.51. The van der Waals surface area contributed by atoms with Crippen molar-refractivity contribution in [3.63, 3.8) is 0 Å². The summed E-state index contributed by atoms with van der Waals surface area (Å²) in [6, 6.07) is 4.32. The molecule has 1 aliphatic heterocycles. The van der Waals surface area contributed by atoms with Crippen LogP contribution in [0.2, 0.25) is 0 Å². The predicted octanol–water partition coefficient (Wildman–Crippen LogP) is 2.40. The fourth-order valence-corrected chi connectivity index (χ4v) is 1.78. The zero-order chi connectivity index (χ0) is 11.5. The average molecular weight is 227 g/mol. The van der Waals surface area contributed by atoms with Crippen LogP contribution < -0.4 is 5.32 Å². The molecule has 1 fully saturated rings. The average Bonchev–Trinajstić information content (AvgIpc) is 2.47. The van der Waals surface area contributed by atoms with Gasteiger partial charge >= 0.3 is 0 Å². The highest BCUT2D eigenvalue weighted by Gasteiger charge is 2.18. The van der Waals surface area contributed by atoms with Gasteiger partial charge in [-0.05, 0) is 31.0 Å². The SMILES string of the molecule is CC1CCOC(c2ccc(F)c(F)c2)CN1. The van der Waals surface area contributed by atoms with E-state index >= 15 is 0 Å². The quantitative estimate of drug-likeness (QED) is 0.795. The fourth-order valence-electron chi connectivity index (χ4n) is 1.78. The Morgan fingerprint density at radius 2 is 2.12 bits per heavy atom. The Labute approximate surface area is 93.6 Å². The Morgan fingerprint density at radius 1 is 1.31 bits per heavy atom. The highest BCUT2D eigenvalue weighted by atomic mass is 19.2. The van der Waals surface area contributed by atoms with Gasteiger partial charge in [0.25, 0.3) is 0 Å². The number of halogens is 2. The number of nitrogens with one attached hydrogen (secondary N) is 1. The Bertz CT molecular complexity index is 370.